The van der Waals surface area contributed by atoms with Crippen LogP contribution in [0.4, 0.5) is 0 Å². The van der Waals surface area contributed by atoms with E-state index in [4.69, 9.17) is 14.2 Å². The Morgan fingerprint density at radius 3 is 2.31 bits per heavy atom. The van der Waals surface area contributed by atoms with E-state index in [-0.39, 0.29) is 6.10 Å². The molecule has 2 aliphatic heterocycles. The zero-order chi connectivity index (χ0) is 11.8. The van der Waals surface area contributed by atoms with Crippen LogP contribution in [0.5, 0.6) is 0 Å². The van der Waals surface area contributed by atoms with Gasteiger partial charge in [0.1, 0.15) is 0 Å². The van der Waals surface area contributed by atoms with Crippen molar-refractivity contribution >= 4 is 0 Å². The van der Waals surface area contributed by atoms with Crippen LogP contribution in [0.25, 0.3) is 0 Å². The molecule has 2 saturated heterocycles. The molecule has 0 bridgehead atoms. The number of hydrogen-bond donors (Lipinski definition) is 0. The second-order valence-electron chi connectivity index (χ2n) is 5.43. The minimum absolute atomic E-state index is 0.201. The van der Waals surface area contributed by atoms with Gasteiger partial charge >= 0.3 is 0 Å². The summed E-state index contributed by atoms with van der Waals surface area (Å²) in [7, 11) is 0. The van der Waals surface area contributed by atoms with Crippen LogP contribution < -0.4 is 0 Å². The van der Waals surface area contributed by atoms with Crippen molar-refractivity contribution in [3.8, 4) is 0 Å². The smallest absolute Gasteiger partial charge is 0.163 e. The fourth-order valence-electron chi connectivity index (χ4n) is 2.57. The minimum Gasteiger partial charge on any atom is -0.373 e. The van der Waals surface area contributed by atoms with Gasteiger partial charge in [0.15, 0.2) is 5.79 Å². The van der Waals surface area contributed by atoms with E-state index in [1.165, 1.54) is 0 Å². The van der Waals surface area contributed by atoms with E-state index in [0.717, 1.165) is 19.6 Å². The fourth-order valence-corrected chi connectivity index (χ4v) is 2.57. The SMILES string of the molecule is C[C@@H]1CN(C[C@H]2COC(C)(C)O2)C[C@H](C)O1. The molecular formula is C12H23NO3. The van der Waals surface area contributed by atoms with Gasteiger partial charge < -0.3 is 14.2 Å². The molecule has 2 fully saturated rings. The van der Waals surface area contributed by atoms with Crippen LogP contribution in [0.2, 0.25) is 0 Å². The van der Waals surface area contributed by atoms with Crippen LogP contribution in [0.15, 0.2) is 0 Å². The van der Waals surface area contributed by atoms with Gasteiger partial charge in [0.25, 0.3) is 0 Å². The van der Waals surface area contributed by atoms with Crippen LogP contribution >= 0.6 is 0 Å². The molecule has 16 heavy (non-hydrogen) atoms. The Labute approximate surface area is 97.8 Å². The molecule has 2 heterocycles. The minimum atomic E-state index is -0.409. The maximum Gasteiger partial charge on any atom is 0.163 e. The lowest BCUT2D eigenvalue weighted by Crippen LogP contribution is -2.48. The van der Waals surface area contributed by atoms with Crippen molar-refractivity contribution in [3.63, 3.8) is 0 Å². The fraction of sp³-hybridized carbons (Fsp3) is 1.00. The van der Waals surface area contributed by atoms with Crippen molar-refractivity contribution in [2.24, 2.45) is 0 Å². The molecule has 4 heteroatoms. The zero-order valence-electron chi connectivity index (χ0n) is 10.7. The van der Waals surface area contributed by atoms with Gasteiger partial charge in [-0.25, -0.2) is 0 Å². The molecule has 0 amide bonds. The Hall–Kier alpha value is -0.160. The summed E-state index contributed by atoms with van der Waals surface area (Å²) in [4.78, 5) is 2.41. The van der Waals surface area contributed by atoms with Crippen LogP contribution in [-0.4, -0.2) is 55.2 Å². The van der Waals surface area contributed by atoms with Gasteiger partial charge in [-0.2, -0.15) is 0 Å². The molecule has 0 radical (unpaired) electrons. The Morgan fingerprint density at radius 1 is 1.19 bits per heavy atom. The van der Waals surface area contributed by atoms with Crippen molar-refractivity contribution in [2.75, 3.05) is 26.2 Å². The summed E-state index contributed by atoms with van der Waals surface area (Å²) in [5, 5.41) is 0. The lowest BCUT2D eigenvalue weighted by molar-refractivity contribution is -0.144. The lowest BCUT2D eigenvalue weighted by Gasteiger charge is -2.36. The first-order valence-electron chi connectivity index (χ1n) is 6.14. The van der Waals surface area contributed by atoms with E-state index in [9.17, 15) is 0 Å². The number of hydrogen-bond acceptors (Lipinski definition) is 4. The highest BCUT2D eigenvalue weighted by Gasteiger charge is 2.34. The van der Waals surface area contributed by atoms with Crippen molar-refractivity contribution in [3.05, 3.63) is 0 Å². The van der Waals surface area contributed by atoms with E-state index in [1.54, 1.807) is 0 Å². The average Bonchev–Trinajstić information content (AvgIpc) is 2.43. The quantitative estimate of drug-likeness (QED) is 0.713. The number of nitrogens with zero attached hydrogens (tertiary/aromatic N) is 1. The lowest BCUT2D eigenvalue weighted by atomic mass is 10.2. The maximum atomic E-state index is 5.82. The molecule has 2 aliphatic rings. The number of rotatable bonds is 2. The van der Waals surface area contributed by atoms with Crippen molar-refractivity contribution < 1.29 is 14.2 Å². The van der Waals surface area contributed by atoms with Crippen molar-refractivity contribution in [2.45, 2.75) is 51.8 Å². The van der Waals surface area contributed by atoms with Gasteiger partial charge in [-0.1, -0.05) is 0 Å². The molecular weight excluding hydrogens is 206 g/mol. The molecule has 94 valence electrons. The molecule has 4 nitrogen and oxygen atoms in total. The highest BCUT2D eigenvalue weighted by molar-refractivity contribution is 4.79. The molecule has 0 aliphatic carbocycles. The van der Waals surface area contributed by atoms with Gasteiger partial charge in [0, 0.05) is 19.6 Å². The highest BCUT2D eigenvalue weighted by atomic mass is 16.7. The van der Waals surface area contributed by atoms with Crippen LogP contribution in [0.1, 0.15) is 27.7 Å². The molecule has 0 spiro atoms. The molecule has 2 rings (SSSR count). The summed E-state index contributed by atoms with van der Waals surface area (Å²) in [5.74, 6) is -0.409. The molecule has 0 saturated carbocycles. The van der Waals surface area contributed by atoms with Gasteiger partial charge in [0.2, 0.25) is 0 Å². The standard InChI is InChI=1S/C12H23NO3/c1-9-5-13(6-10(2)15-9)7-11-8-14-12(3,4)16-11/h9-11H,5-8H2,1-4H3/t9-,10+,11-/m0/s1. The first kappa shape index (κ1) is 12.3. The summed E-state index contributed by atoms with van der Waals surface area (Å²) >= 11 is 0. The topological polar surface area (TPSA) is 30.9 Å². The first-order chi connectivity index (χ1) is 7.44. The van der Waals surface area contributed by atoms with Crippen LogP contribution in [0, 0.1) is 0 Å². The summed E-state index contributed by atoms with van der Waals surface area (Å²) in [6.07, 6.45) is 0.839. The largest absolute Gasteiger partial charge is 0.373 e. The Kier molecular flexibility index (Phi) is 3.54. The van der Waals surface area contributed by atoms with Crippen LogP contribution in [-0.2, 0) is 14.2 Å². The van der Waals surface area contributed by atoms with Gasteiger partial charge in [-0.3, -0.25) is 4.90 Å². The third-order valence-corrected chi connectivity index (χ3v) is 3.02. The zero-order valence-corrected chi connectivity index (χ0v) is 10.7. The number of ether oxygens (including phenoxy) is 3. The molecule has 0 N–H and O–H groups in total. The van der Waals surface area contributed by atoms with E-state index in [2.05, 4.69) is 18.7 Å². The Morgan fingerprint density at radius 2 is 1.81 bits per heavy atom. The third kappa shape index (κ3) is 3.17. The summed E-state index contributed by atoms with van der Waals surface area (Å²) in [6, 6.07) is 0. The highest BCUT2D eigenvalue weighted by Crippen LogP contribution is 2.23. The maximum absolute atomic E-state index is 5.82. The number of morpholine rings is 1. The van der Waals surface area contributed by atoms with E-state index < -0.39 is 5.79 Å². The van der Waals surface area contributed by atoms with Crippen molar-refractivity contribution in [1.29, 1.82) is 0 Å². The summed E-state index contributed by atoms with van der Waals surface area (Å²) < 4.78 is 17.1. The second kappa shape index (κ2) is 4.61. The second-order valence-corrected chi connectivity index (χ2v) is 5.43. The van der Waals surface area contributed by atoms with E-state index in [1.807, 2.05) is 13.8 Å². The normalized spacial score (nSPS) is 40.1. The summed E-state index contributed by atoms with van der Waals surface area (Å²) in [6.45, 7) is 11.8. The monoisotopic (exact) mass is 229 g/mol. The average molecular weight is 229 g/mol. The Balaban J connectivity index is 1.81. The van der Waals surface area contributed by atoms with Gasteiger partial charge in [-0.15, -0.1) is 0 Å². The predicted molar refractivity (Wildman–Crippen MR) is 61.4 cm³/mol. The van der Waals surface area contributed by atoms with Gasteiger partial charge in [-0.05, 0) is 27.7 Å². The molecule has 3 atom stereocenters. The predicted octanol–water partition coefficient (Wildman–Crippen LogP) is 1.25. The van der Waals surface area contributed by atoms with Crippen molar-refractivity contribution in [1.82, 2.24) is 4.90 Å². The van der Waals surface area contributed by atoms with Crippen LogP contribution in [0.3, 0.4) is 0 Å². The molecule has 0 aromatic heterocycles. The third-order valence-electron chi connectivity index (χ3n) is 3.02. The van der Waals surface area contributed by atoms with Gasteiger partial charge in [0.05, 0.1) is 24.9 Å². The molecule has 0 aromatic rings. The first-order valence-corrected chi connectivity index (χ1v) is 6.14. The Bertz CT molecular complexity index is 234. The molecule has 0 unspecified atom stereocenters. The van der Waals surface area contributed by atoms with E-state index in [0.29, 0.717) is 18.8 Å². The molecule has 0 aromatic carbocycles. The van der Waals surface area contributed by atoms with E-state index >= 15 is 0 Å². The summed E-state index contributed by atoms with van der Waals surface area (Å²) in [5.41, 5.74) is 0.